The highest BCUT2D eigenvalue weighted by molar-refractivity contribution is 5.98. The van der Waals surface area contributed by atoms with Gasteiger partial charge in [0, 0.05) is 18.0 Å². The van der Waals surface area contributed by atoms with Gasteiger partial charge < -0.3 is 15.5 Å². The summed E-state index contributed by atoms with van der Waals surface area (Å²) in [5, 5.41) is 15.7. The highest BCUT2D eigenvalue weighted by Crippen LogP contribution is 2.30. The van der Waals surface area contributed by atoms with E-state index in [4.69, 9.17) is 0 Å². The molecule has 33 heavy (non-hydrogen) atoms. The molecular formula is C26H30N6O. The number of carbonyl (C=O) groups excluding carboxylic acids is 1. The fourth-order valence-electron chi connectivity index (χ4n) is 4.77. The van der Waals surface area contributed by atoms with Crippen molar-refractivity contribution in [1.29, 1.82) is 0 Å². The Kier molecular flexibility index (Phi) is 5.72. The number of anilines is 1. The molecule has 7 heteroatoms. The predicted molar refractivity (Wildman–Crippen MR) is 132 cm³/mol. The lowest BCUT2D eigenvalue weighted by atomic mass is 10.0. The summed E-state index contributed by atoms with van der Waals surface area (Å²) in [7, 11) is 4.15. The standard InChI is InChI=1S/C26H30N6O/c1-17-29-30-25-23(28-26(33)27-22-6-4-5-7-22)15-21-14-20(12-13-24(21)32(17)25)19-10-8-18(9-11-19)16-31(2)3/h8-15,22H,4-7,16H2,1-3H3,(H2,27,28,33). The average molecular weight is 443 g/mol. The summed E-state index contributed by atoms with van der Waals surface area (Å²) in [4.78, 5) is 14.8. The van der Waals surface area contributed by atoms with Gasteiger partial charge in [0.25, 0.3) is 0 Å². The van der Waals surface area contributed by atoms with Crippen LogP contribution in [-0.4, -0.2) is 45.7 Å². The van der Waals surface area contributed by atoms with E-state index in [1.165, 1.54) is 18.4 Å². The minimum absolute atomic E-state index is 0.184. The smallest absolute Gasteiger partial charge is 0.319 e. The molecule has 5 rings (SSSR count). The van der Waals surface area contributed by atoms with Crippen LogP contribution >= 0.6 is 0 Å². The lowest BCUT2D eigenvalue weighted by Gasteiger charge is -2.15. The van der Waals surface area contributed by atoms with Gasteiger partial charge in [-0.2, -0.15) is 0 Å². The molecule has 0 aliphatic heterocycles. The third-order valence-corrected chi connectivity index (χ3v) is 6.36. The summed E-state index contributed by atoms with van der Waals surface area (Å²) in [6.45, 7) is 2.85. The summed E-state index contributed by atoms with van der Waals surface area (Å²) < 4.78 is 2.00. The number of nitrogens with one attached hydrogen (secondary N) is 2. The SMILES string of the molecule is Cc1nnc2c(NC(=O)NC3CCCC3)cc3cc(-c4ccc(CN(C)C)cc4)ccc3n12. The van der Waals surface area contributed by atoms with Crippen molar-refractivity contribution in [3.8, 4) is 11.1 Å². The predicted octanol–water partition coefficient (Wildman–Crippen LogP) is 4.98. The normalized spacial score (nSPS) is 14.4. The first kappa shape index (κ1) is 21.4. The van der Waals surface area contributed by atoms with Gasteiger partial charge in [0.05, 0.1) is 11.2 Å². The number of benzene rings is 2. The Morgan fingerprint density at radius 1 is 1.03 bits per heavy atom. The van der Waals surface area contributed by atoms with Crippen molar-refractivity contribution >= 4 is 28.3 Å². The summed E-state index contributed by atoms with van der Waals surface area (Å²) in [6, 6.07) is 17.1. The molecule has 170 valence electrons. The Morgan fingerprint density at radius 3 is 2.48 bits per heavy atom. The first-order valence-corrected chi connectivity index (χ1v) is 11.6. The van der Waals surface area contributed by atoms with Crippen molar-refractivity contribution in [3.63, 3.8) is 0 Å². The largest absolute Gasteiger partial charge is 0.335 e. The van der Waals surface area contributed by atoms with Gasteiger partial charge in [0.1, 0.15) is 5.82 Å². The fourth-order valence-corrected chi connectivity index (χ4v) is 4.77. The lowest BCUT2D eigenvalue weighted by Crippen LogP contribution is -2.36. The molecule has 7 nitrogen and oxygen atoms in total. The maximum atomic E-state index is 12.7. The minimum atomic E-state index is -0.184. The highest BCUT2D eigenvalue weighted by atomic mass is 16.2. The van der Waals surface area contributed by atoms with E-state index in [0.29, 0.717) is 11.3 Å². The molecule has 2 aromatic carbocycles. The number of amides is 2. The van der Waals surface area contributed by atoms with Crippen LogP contribution in [0.25, 0.3) is 27.7 Å². The summed E-state index contributed by atoms with van der Waals surface area (Å²) in [5.41, 5.74) is 5.91. The van der Waals surface area contributed by atoms with Gasteiger partial charge in [-0.1, -0.05) is 43.2 Å². The Balaban J connectivity index is 1.50. The van der Waals surface area contributed by atoms with Crippen LogP contribution in [0.1, 0.15) is 37.1 Å². The van der Waals surface area contributed by atoms with Crippen molar-refractivity contribution in [2.75, 3.05) is 19.4 Å². The Morgan fingerprint density at radius 2 is 1.76 bits per heavy atom. The van der Waals surface area contributed by atoms with E-state index in [1.54, 1.807) is 0 Å². The van der Waals surface area contributed by atoms with Crippen LogP contribution in [0.3, 0.4) is 0 Å². The van der Waals surface area contributed by atoms with E-state index in [0.717, 1.165) is 47.2 Å². The Hall–Kier alpha value is -3.45. The number of pyridine rings is 1. The Bertz CT molecular complexity index is 1300. The molecule has 0 saturated heterocycles. The summed E-state index contributed by atoms with van der Waals surface area (Å²) in [6.07, 6.45) is 4.43. The lowest BCUT2D eigenvalue weighted by molar-refractivity contribution is 0.248. The summed E-state index contributed by atoms with van der Waals surface area (Å²) in [5.74, 6) is 0.788. The zero-order valence-electron chi connectivity index (χ0n) is 19.4. The van der Waals surface area contributed by atoms with E-state index in [-0.39, 0.29) is 12.1 Å². The third-order valence-electron chi connectivity index (χ3n) is 6.36. The van der Waals surface area contributed by atoms with E-state index >= 15 is 0 Å². The number of fused-ring (bicyclic) bond motifs is 3. The zero-order chi connectivity index (χ0) is 22.9. The molecule has 2 heterocycles. The number of nitrogens with zero attached hydrogens (tertiary/aromatic N) is 4. The first-order valence-electron chi connectivity index (χ1n) is 11.6. The topological polar surface area (TPSA) is 74.6 Å². The molecule has 1 fully saturated rings. The molecule has 1 saturated carbocycles. The van der Waals surface area contributed by atoms with Crippen LogP contribution in [0.4, 0.5) is 10.5 Å². The molecule has 1 aliphatic rings. The number of hydrogen-bond donors (Lipinski definition) is 2. The second-order valence-corrected chi connectivity index (χ2v) is 9.25. The van der Waals surface area contributed by atoms with E-state index in [2.05, 4.69) is 82.3 Å². The number of aromatic nitrogens is 3. The monoisotopic (exact) mass is 442 g/mol. The number of hydrogen-bond acceptors (Lipinski definition) is 4. The first-order chi connectivity index (χ1) is 16.0. The second kappa shape index (κ2) is 8.83. The van der Waals surface area contributed by atoms with Gasteiger partial charge in [-0.15, -0.1) is 10.2 Å². The highest BCUT2D eigenvalue weighted by Gasteiger charge is 2.19. The molecule has 1 aliphatic carbocycles. The number of urea groups is 1. The molecule has 0 atom stereocenters. The maximum Gasteiger partial charge on any atom is 0.319 e. The minimum Gasteiger partial charge on any atom is -0.335 e. The fraction of sp³-hybridized carbons (Fsp3) is 0.346. The Labute approximate surface area is 193 Å². The number of carbonyl (C=O) groups is 1. The second-order valence-electron chi connectivity index (χ2n) is 9.25. The van der Waals surface area contributed by atoms with Gasteiger partial charge in [0.2, 0.25) is 0 Å². The molecule has 2 N–H and O–H groups in total. The van der Waals surface area contributed by atoms with Gasteiger partial charge in [-0.05, 0) is 68.8 Å². The molecule has 0 spiro atoms. The third kappa shape index (κ3) is 4.41. The van der Waals surface area contributed by atoms with Crippen LogP contribution in [0.15, 0.2) is 48.5 Å². The van der Waals surface area contributed by atoms with Crippen molar-refractivity contribution in [3.05, 3.63) is 59.9 Å². The van der Waals surface area contributed by atoms with E-state index in [1.807, 2.05) is 17.4 Å². The molecular weight excluding hydrogens is 412 g/mol. The van der Waals surface area contributed by atoms with Crippen LogP contribution in [0.5, 0.6) is 0 Å². The van der Waals surface area contributed by atoms with Crippen molar-refractivity contribution in [2.24, 2.45) is 0 Å². The zero-order valence-corrected chi connectivity index (χ0v) is 19.4. The van der Waals surface area contributed by atoms with E-state index in [9.17, 15) is 4.79 Å². The molecule has 2 amide bonds. The van der Waals surface area contributed by atoms with Gasteiger partial charge in [0.15, 0.2) is 5.65 Å². The maximum absolute atomic E-state index is 12.7. The van der Waals surface area contributed by atoms with Crippen LogP contribution in [0, 0.1) is 6.92 Å². The van der Waals surface area contributed by atoms with E-state index < -0.39 is 0 Å². The molecule has 0 radical (unpaired) electrons. The van der Waals surface area contributed by atoms with Crippen LogP contribution in [-0.2, 0) is 6.54 Å². The van der Waals surface area contributed by atoms with Crippen molar-refractivity contribution in [1.82, 2.24) is 24.8 Å². The average Bonchev–Trinajstić information content (AvgIpc) is 3.43. The van der Waals surface area contributed by atoms with Crippen LogP contribution < -0.4 is 10.6 Å². The molecule has 4 aromatic rings. The van der Waals surface area contributed by atoms with Gasteiger partial charge >= 0.3 is 6.03 Å². The molecule has 0 unspecified atom stereocenters. The number of aryl methyl sites for hydroxylation is 1. The molecule has 0 bridgehead atoms. The van der Waals surface area contributed by atoms with Crippen LogP contribution in [0.2, 0.25) is 0 Å². The van der Waals surface area contributed by atoms with Crippen molar-refractivity contribution in [2.45, 2.75) is 45.2 Å². The quantitative estimate of drug-likeness (QED) is 0.457. The van der Waals surface area contributed by atoms with Gasteiger partial charge in [-0.25, -0.2) is 4.79 Å². The molecule has 2 aromatic heterocycles. The summed E-state index contributed by atoms with van der Waals surface area (Å²) >= 11 is 0. The number of rotatable bonds is 5. The van der Waals surface area contributed by atoms with Crippen molar-refractivity contribution < 1.29 is 4.79 Å². The van der Waals surface area contributed by atoms with Gasteiger partial charge in [-0.3, -0.25) is 4.40 Å².